The van der Waals surface area contributed by atoms with Crippen molar-refractivity contribution in [3.63, 3.8) is 0 Å². The first-order chi connectivity index (χ1) is 11.2. The van der Waals surface area contributed by atoms with Gasteiger partial charge < -0.3 is 14.3 Å². The summed E-state index contributed by atoms with van der Waals surface area (Å²) in [5.74, 6) is 0.800. The van der Waals surface area contributed by atoms with Crippen LogP contribution in [0.5, 0.6) is 11.5 Å². The molecular formula is C17H12BrNO4. The molecule has 0 bridgehead atoms. The minimum atomic E-state index is -0.559. The van der Waals surface area contributed by atoms with Crippen molar-refractivity contribution >= 4 is 34.2 Å². The van der Waals surface area contributed by atoms with Gasteiger partial charge in [-0.25, -0.2) is 4.79 Å². The van der Waals surface area contributed by atoms with Gasteiger partial charge in [-0.05, 0) is 41.5 Å². The molecule has 3 rings (SSSR count). The number of hydrogen-bond donors (Lipinski definition) is 0. The normalized spacial score (nSPS) is 12.9. The first-order valence-electron chi connectivity index (χ1n) is 6.78. The number of ether oxygens (including phenoxy) is 2. The number of rotatable bonds is 4. The van der Waals surface area contributed by atoms with Crippen LogP contribution in [-0.4, -0.2) is 19.0 Å². The average molecular weight is 374 g/mol. The molecule has 0 unspecified atom stereocenters. The van der Waals surface area contributed by atoms with Crippen molar-refractivity contribution < 1.29 is 19.1 Å². The molecule has 6 heteroatoms. The summed E-state index contributed by atoms with van der Waals surface area (Å²) in [4.78, 5) is 16.4. The number of nitrogens with zero attached hydrogens (tertiary/aromatic N) is 1. The Morgan fingerprint density at radius 1 is 1.09 bits per heavy atom. The van der Waals surface area contributed by atoms with E-state index in [2.05, 4.69) is 21.1 Å². The monoisotopic (exact) mass is 373 g/mol. The fraction of sp³-hybridized carbons (Fsp3) is 0.0588. The number of benzene rings is 2. The SMILES string of the molecule is O=C(/C=C/c1ccc2c(c1)OCO2)O/N=C/c1ccc(Br)cc1. The lowest BCUT2D eigenvalue weighted by Crippen LogP contribution is -1.94. The predicted octanol–water partition coefficient (Wildman–Crippen LogP) is 3.77. The van der Waals surface area contributed by atoms with Gasteiger partial charge in [0.15, 0.2) is 11.5 Å². The van der Waals surface area contributed by atoms with Crippen LogP contribution in [0.15, 0.2) is 58.2 Å². The van der Waals surface area contributed by atoms with Crippen LogP contribution < -0.4 is 9.47 Å². The maximum atomic E-state index is 11.6. The van der Waals surface area contributed by atoms with E-state index in [1.807, 2.05) is 30.3 Å². The standard InChI is InChI=1S/C17H12BrNO4/c18-14-5-1-13(2-6-14)10-19-23-17(20)8-4-12-3-7-15-16(9-12)22-11-21-15/h1-10H,11H2/b8-4+,19-10+. The molecule has 116 valence electrons. The first kappa shape index (κ1) is 15.3. The van der Waals surface area contributed by atoms with Crippen molar-refractivity contribution in [1.82, 2.24) is 0 Å². The van der Waals surface area contributed by atoms with Crippen LogP contribution in [0.2, 0.25) is 0 Å². The Balaban J connectivity index is 1.55. The van der Waals surface area contributed by atoms with Crippen LogP contribution in [-0.2, 0) is 9.63 Å². The van der Waals surface area contributed by atoms with E-state index in [9.17, 15) is 4.79 Å². The van der Waals surface area contributed by atoms with Gasteiger partial charge in [-0.15, -0.1) is 0 Å². The molecule has 1 heterocycles. The molecule has 5 nitrogen and oxygen atoms in total. The van der Waals surface area contributed by atoms with E-state index in [-0.39, 0.29) is 6.79 Å². The smallest absolute Gasteiger partial charge is 0.358 e. The maximum Gasteiger partial charge on any atom is 0.358 e. The van der Waals surface area contributed by atoms with Crippen LogP contribution in [0.25, 0.3) is 6.08 Å². The molecule has 0 saturated heterocycles. The summed E-state index contributed by atoms with van der Waals surface area (Å²) in [7, 11) is 0. The van der Waals surface area contributed by atoms with Crippen LogP contribution in [0.3, 0.4) is 0 Å². The number of oxime groups is 1. The topological polar surface area (TPSA) is 57.1 Å². The Morgan fingerprint density at radius 2 is 1.83 bits per heavy atom. The van der Waals surface area contributed by atoms with Gasteiger partial charge in [0.1, 0.15) is 0 Å². The second-order valence-corrected chi connectivity index (χ2v) is 5.56. The van der Waals surface area contributed by atoms with Crippen molar-refractivity contribution in [3.8, 4) is 11.5 Å². The van der Waals surface area contributed by atoms with Crippen LogP contribution in [0.4, 0.5) is 0 Å². The number of carbonyl (C=O) groups excluding carboxylic acids is 1. The molecule has 0 fully saturated rings. The average Bonchev–Trinajstić information content (AvgIpc) is 3.02. The molecule has 0 aliphatic carbocycles. The van der Waals surface area contributed by atoms with Gasteiger partial charge in [0.05, 0.1) is 6.21 Å². The van der Waals surface area contributed by atoms with Gasteiger partial charge in [-0.3, -0.25) is 0 Å². The summed E-state index contributed by atoms with van der Waals surface area (Å²) in [6, 6.07) is 12.9. The Labute approximate surface area is 141 Å². The van der Waals surface area contributed by atoms with Crippen LogP contribution >= 0.6 is 15.9 Å². The molecule has 0 amide bonds. The van der Waals surface area contributed by atoms with E-state index in [0.717, 1.165) is 15.6 Å². The summed E-state index contributed by atoms with van der Waals surface area (Å²) in [6.07, 6.45) is 4.40. The van der Waals surface area contributed by atoms with E-state index in [1.54, 1.807) is 18.2 Å². The molecule has 0 N–H and O–H groups in total. The summed E-state index contributed by atoms with van der Waals surface area (Å²) in [6.45, 7) is 0.218. The van der Waals surface area contributed by atoms with Gasteiger partial charge in [-0.1, -0.05) is 39.3 Å². The summed E-state index contributed by atoms with van der Waals surface area (Å²) >= 11 is 3.34. The minimum Gasteiger partial charge on any atom is -0.454 e. The van der Waals surface area contributed by atoms with Crippen molar-refractivity contribution in [1.29, 1.82) is 0 Å². The Bertz CT molecular complexity index is 769. The van der Waals surface area contributed by atoms with Gasteiger partial charge in [-0.2, -0.15) is 0 Å². The fourth-order valence-electron chi connectivity index (χ4n) is 1.90. The molecule has 1 aliphatic heterocycles. The van der Waals surface area contributed by atoms with Crippen LogP contribution in [0.1, 0.15) is 11.1 Å². The van der Waals surface area contributed by atoms with Crippen LogP contribution in [0, 0.1) is 0 Å². The van der Waals surface area contributed by atoms with E-state index in [0.29, 0.717) is 11.5 Å². The second kappa shape index (κ2) is 7.11. The molecule has 2 aromatic rings. The number of fused-ring (bicyclic) bond motifs is 1. The van der Waals surface area contributed by atoms with Gasteiger partial charge in [0.2, 0.25) is 6.79 Å². The van der Waals surface area contributed by atoms with E-state index in [1.165, 1.54) is 12.3 Å². The number of hydrogen-bond acceptors (Lipinski definition) is 5. The molecule has 1 aliphatic rings. The molecule has 23 heavy (non-hydrogen) atoms. The minimum absolute atomic E-state index is 0.218. The zero-order valence-corrected chi connectivity index (χ0v) is 13.5. The van der Waals surface area contributed by atoms with Crippen molar-refractivity contribution in [2.24, 2.45) is 5.16 Å². The lowest BCUT2D eigenvalue weighted by Gasteiger charge is -1.97. The fourth-order valence-corrected chi connectivity index (χ4v) is 2.16. The third-order valence-corrected chi connectivity index (χ3v) is 3.55. The molecule has 0 aromatic heterocycles. The van der Waals surface area contributed by atoms with Crippen molar-refractivity contribution in [2.45, 2.75) is 0 Å². The van der Waals surface area contributed by atoms with Crippen molar-refractivity contribution in [2.75, 3.05) is 6.79 Å². The summed E-state index contributed by atoms with van der Waals surface area (Å²) < 4.78 is 11.5. The molecule has 2 aromatic carbocycles. The molecule has 0 spiro atoms. The molecular weight excluding hydrogens is 362 g/mol. The highest BCUT2D eigenvalue weighted by Gasteiger charge is 2.12. The van der Waals surface area contributed by atoms with Gasteiger partial charge in [0.25, 0.3) is 0 Å². The number of halogens is 1. The summed E-state index contributed by atoms with van der Waals surface area (Å²) in [5.41, 5.74) is 1.64. The molecule has 0 radical (unpaired) electrons. The predicted molar refractivity (Wildman–Crippen MR) is 89.4 cm³/mol. The molecule has 0 saturated carbocycles. The highest BCUT2D eigenvalue weighted by Crippen LogP contribution is 2.32. The lowest BCUT2D eigenvalue weighted by atomic mass is 10.2. The van der Waals surface area contributed by atoms with Gasteiger partial charge in [0, 0.05) is 10.5 Å². The third-order valence-electron chi connectivity index (χ3n) is 3.02. The summed E-state index contributed by atoms with van der Waals surface area (Å²) in [5, 5.41) is 3.66. The highest BCUT2D eigenvalue weighted by atomic mass is 79.9. The Morgan fingerprint density at radius 3 is 2.65 bits per heavy atom. The zero-order chi connectivity index (χ0) is 16.1. The Hall–Kier alpha value is -2.60. The first-order valence-corrected chi connectivity index (χ1v) is 7.58. The van der Waals surface area contributed by atoms with E-state index < -0.39 is 5.97 Å². The largest absolute Gasteiger partial charge is 0.454 e. The van der Waals surface area contributed by atoms with E-state index >= 15 is 0 Å². The lowest BCUT2D eigenvalue weighted by molar-refractivity contribution is -0.137. The van der Waals surface area contributed by atoms with Crippen molar-refractivity contribution in [3.05, 3.63) is 64.1 Å². The van der Waals surface area contributed by atoms with E-state index in [4.69, 9.17) is 14.3 Å². The maximum absolute atomic E-state index is 11.6. The van der Waals surface area contributed by atoms with Gasteiger partial charge >= 0.3 is 5.97 Å². The third kappa shape index (κ3) is 4.20. The quantitative estimate of drug-likeness (QED) is 0.354. The zero-order valence-electron chi connectivity index (χ0n) is 11.9. The number of carbonyl (C=O) groups is 1. The Kier molecular flexibility index (Phi) is 4.73. The highest BCUT2D eigenvalue weighted by molar-refractivity contribution is 9.10. The second-order valence-electron chi connectivity index (χ2n) is 4.64. The molecule has 0 atom stereocenters.